The minimum atomic E-state index is -0.449. The van der Waals surface area contributed by atoms with E-state index in [2.05, 4.69) is 0 Å². The molecule has 0 spiro atoms. The van der Waals surface area contributed by atoms with E-state index in [-0.39, 0.29) is 24.1 Å². The predicted molar refractivity (Wildman–Crippen MR) is 61.4 cm³/mol. The summed E-state index contributed by atoms with van der Waals surface area (Å²) in [5.74, 6) is -0.637. The monoisotopic (exact) mass is 225 g/mol. The SMILES string of the molecule is CC(=O)c1cccc(F)c1N(C)C(C)CO. The molecule has 0 aromatic heterocycles. The van der Waals surface area contributed by atoms with Crippen LogP contribution in [0, 0.1) is 5.82 Å². The van der Waals surface area contributed by atoms with E-state index in [0.29, 0.717) is 5.56 Å². The van der Waals surface area contributed by atoms with Gasteiger partial charge in [-0.2, -0.15) is 0 Å². The van der Waals surface area contributed by atoms with Crippen molar-refractivity contribution in [2.24, 2.45) is 0 Å². The van der Waals surface area contributed by atoms with Crippen LogP contribution in [0.3, 0.4) is 0 Å². The molecule has 0 amide bonds. The van der Waals surface area contributed by atoms with Crippen molar-refractivity contribution in [1.82, 2.24) is 0 Å². The van der Waals surface area contributed by atoms with Gasteiger partial charge in [-0.25, -0.2) is 4.39 Å². The first-order valence-corrected chi connectivity index (χ1v) is 5.12. The highest BCUT2D eigenvalue weighted by atomic mass is 19.1. The second kappa shape index (κ2) is 5.07. The van der Waals surface area contributed by atoms with Gasteiger partial charge in [-0.1, -0.05) is 6.07 Å². The fourth-order valence-corrected chi connectivity index (χ4v) is 1.50. The number of carbonyl (C=O) groups excluding carboxylic acids is 1. The van der Waals surface area contributed by atoms with Gasteiger partial charge in [0, 0.05) is 18.7 Å². The number of ketones is 1. The van der Waals surface area contributed by atoms with Crippen molar-refractivity contribution < 1.29 is 14.3 Å². The van der Waals surface area contributed by atoms with Gasteiger partial charge in [0.1, 0.15) is 5.82 Å². The number of aliphatic hydroxyl groups is 1. The third-order valence-electron chi connectivity index (χ3n) is 2.64. The molecule has 1 N–H and O–H groups in total. The Labute approximate surface area is 94.5 Å². The molecule has 0 fully saturated rings. The third kappa shape index (κ3) is 2.39. The maximum Gasteiger partial charge on any atom is 0.161 e. The van der Waals surface area contributed by atoms with Crippen LogP contribution in [0.1, 0.15) is 24.2 Å². The number of anilines is 1. The van der Waals surface area contributed by atoms with Gasteiger partial charge in [0.2, 0.25) is 0 Å². The number of hydrogen-bond donors (Lipinski definition) is 1. The Morgan fingerprint density at radius 3 is 2.69 bits per heavy atom. The minimum Gasteiger partial charge on any atom is -0.394 e. The largest absolute Gasteiger partial charge is 0.394 e. The van der Waals surface area contributed by atoms with Gasteiger partial charge in [0.25, 0.3) is 0 Å². The molecule has 1 rings (SSSR count). The third-order valence-corrected chi connectivity index (χ3v) is 2.64. The number of halogens is 1. The molecule has 0 heterocycles. The average molecular weight is 225 g/mol. The van der Waals surface area contributed by atoms with Crippen molar-refractivity contribution in [3.8, 4) is 0 Å². The van der Waals surface area contributed by atoms with Gasteiger partial charge in [-0.05, 0) is 26.0 Å². The molecular weight excluding hydrogens is 209 g/mol. The molecule has 4 heteroatoms. The lowest BCUT2D eigenvalue weighted by molar-refractivity contribution is 0.101. The zero-order chi connectivity index (χ0) is 12.3. The molecule has 1 atom stereocenters. The summed E-state index contributed by atoms with van der Waals surface area (Å²) >= 11 is 0. The van der Waals surface area contributed by atoms with Gasteiger partial charge < -0.3 is 10.0 Å². The molecule has 88 valence electrons. The van der Waals surface area contributed by atoms with E-state index < -0.39 is 5.82 Å². The molecule has 0 aliphatic carbocycles. The van der Waals surface area contributed by atoms with Crippen LogP contribution >= 0.6 is 0 Å². The van der Waals surface area contributed by atoms with Crippen LogP contribution in [0.2, 0.25) is 0 Å². The number of aliphatic hydroxyl groups excluding tert-OH is 1. The smallest absolute Gasteiger partial charge is 0.161 e. The number of carbonyl (C=O) groups is 1. The molecule has 0 saturated heterocycles. The fraction of sp³-hybridized carbons (Fsp3) is 0.417. The van der Waals surface area contributed by atoms with Crippen molar-refractivity contribution in [1.29, 1.82) is 0 Å². The summed E-state index contributed by atoms with van der Waals surface area (Å²) in [5, 5.41) is 9.04. The van der Waals surface area contributed by atoms with Crippen LogP contribution in [-0.4, -0.2) is 30.6 Å². The van der Waals surface area contributed by atoms with Crippen molar-refractivity contribution in [3.63, 3.8) is 0 Å². The summed E-state index contributed by atoms with van der Waals surface area (Å²) in [6.07, 6.45) is 0. The van der Waals surface area contributed by atoms with Crippen LogP contribution < -0.4 is 4.90 Å². The van der Waals surface area contributed by atoms with Crippen molar-refractivity contribution in [3.05, 3.63) is 29.6 Å². The molecular formula is C12H16FNO2. The molecule has 3 nitrogen and oxygen atoms in total. The standard InChI is InChI=1S/C12H16FNO2/c1-8(7-15)14(3)12-10(9(2)16)5-4-6-11(12)13/h4-6,8,15H,7H2,1-3H3. The number of hydrogen-bond acceptors (Lipinski definition) is 3. The summed E-state index contributed by atoms with van der Waals surface area (Å²) in [5.41, 5.74) is 0.583. The Hall–Kier alpha value is -1.42. The van der Waals surface area contributed by atoms with Crippen LogP contribution in [0.25, 0.3) is 0 Å². The summed E-state index contributed by atoms with van der Waals surface area (Å²) in [4.78, 5) is 13.0. The maximum absolute atomic E-state index is 13.7. The number of nitrogens with zero attached hydrogens (tertiary/aromatic N) is 1. The normalized spacial score (nSPS) is 12.3. The van der Waals surface area contributed by atoms with Gasteiger partial charge in [-0.15, -0.1) is 0 Å². The number of benzene rings is 1. The lowest BCUT2D eigenvalue weighted by atomic mass is 10.1. The molecule has 0 aliphatic heterocycles. The number of likely N-dealkylation sites (N-methyl/N-ethyl adjacent to an activating group) is 1. The predicted octanol–water partition coefficient (Wildman–Crippen LogP) is 1.85. The van der Waals surface area contributed by atoms with E-state index >= 15 is 0 Å². The zero-order valence-corrected chi connectivity index (χ0v) is 9.70. The Morgan fingerprint density at radius 2 is 2.19 bits per heavy atom. The first-order valence-electron chi connectivity index (χ1n) is 5.12. The molecule has 16 heavy (non-hydrogen) atoms. The summed E-state index contributed by atoms with van der Waals surface area (Å²) in [7, 11) is 1.66. The van der Waals surface area contributed by atoms with Gasteiger partial charge in [0.15, 0.2) is 5.78 Å². The molecule has 1 aromatic rings. The van der Waals surface area contributed by atoms with Gasteiger partial charge >= 0.3 is 0 Å². The number of Topliss-reactive ketones (excluding diaryl/α,β-unsaturated/α-hetero) is 1. The average Bonchev–Trinajstić information content (AvgIpc) is 2.26. The Morgan fingerprint density at radius 1 is 1.56 bits per heavy atom. The van der Waals surface area contributed by atoms with Crippen LogP contribution in [-0.2, 0) is 0 Å². The van der Waals surface area contributed by atoms with E-state index in [4.69, 9.17) is 5.11 Å². The van der Waals surface area contributed by atoms with E-state index in [1.165, 1.54) is 19.1 Å². The summed E-state index contributed by atoms with van der Waals surface area (Å²) in [6.45, 7) is 3.06. The lowest BCUT2D eigenvalue weighted by Crippen LogP contribution is -2.33. The molecule has 1 unspecified atom stereocenters. The van der Waals surface area contributed by atoms with Crippen LogP contribution in [0.5, 0.6) is 0 Å². The second-order valence-corrected chi connectivity index (χ2v) is 3.83. The molecule has 0 aliphatic rings. The highest BCUT2D eigenvalue weighted by molar-refractivity contribution is 5.99. The Kier molecular flexibility index (Phi) is 4.01. The van der Waals surface area contributed by atoms with Gasteiger partial charge in [0.05, 0.1) is 12.3 Å². The first kappa shape index (κ1) is 12.6. The fourth-order valence-electron chi connectivity index (χ4n) is 1.50. The quantitative estimate of drug-likeness (QED) is 0.795. The minimum absolute atomic E-state index is 0.0951. The van der Waals surface area contributed by atoms with E-state index in [9.17, 15) is 9.18 Å². The Bertz CT molecular complexity index is 393. The highest BCUT2D eigenvalue weighted by Gasteiger charge is 2.19. The summed E-state index contributed by atoms with van der Waals surface area (Å²) in [6, 6.07) is 4.16. The topological polar surface area (TPSA) is 40.5 Å². The number of rotatable bonds is 4. The van der Waals surface area contributed by atoms with Crippen LogP contribution in [0.15, 0.2) is 18.2 Å². The second-order valence-electron chi connectivity index (χ2n) is 3.83. The van der Waals surface area contributed by atoms with E-state index in [1.54, 1.807) is 24.9 Å². The first-order chi connectivity index (χ1) is 7.49. The lowest BCUT2D eigenvalue weighted by Gasteiger charge is -2.27. The summed E-state index contributed by atoms with van der Waals surface area (Å²) < 4.78 is 13.7. The van der Waals surface area contributed by atoms with E-state index in [0.717, 1.165) is 0 Å². The number of para-hydroxylation sites is 1. The molecule has 1 aromatic carbocycles. The van der Waals surface area contributed by atoms with Crippen molar-refractivity contribution >= 4 is 11.5 Å². The molecule has 0 saturated carbocycles. The molecule has 0 radical (unpaired) electrons. The molecule has 0 bridgehead atoms. The van der Waals surface area contributed by atoms with E-state index in [1.807, 2.05) is 0 Å². The van der Waals surface area contributed by atoms with Gasteiger partial charge in [-0.3, -0.25) is 4.79 Å². The highest BCUT2D eigenvalue weighted by Crippen LogP contribution is 2.25. The van der Waals surface area contributed by atoms with Crippen molar-refractivity contribution in [2.45, 2.75) is 19.9 Å². The van der Waals surface area contributed by atoms with Crippen LogP contribution in [0.4, 0.5) is 10.1 Å². The van der Waals surface area contributed by atoms with Crippen molar-refractivity contribution in [2.75, 3.05) is 18.6 Å². The Balaban J connectivity index is 3.24. The zero-order valence-electron chi connectivity index (χ0n) is 9.70. The maximum atomic E-state index is 13.7.